The minimum absolute atomic E-state index is 0.0176. The number of carbonyl (C=O) groups excluding carboxylic acids is 1. The Balaban J connectivity index is 1.43. The molecule has 1 aliphatic heterocycles. The van der Waals surface area contributed by atoms with Crippen molar-refractivity contribution in [1.29, 1.82) is 0 Å². The summed E-state index contributed by atoms with van der Waals surface area (Å²) in [5, 5.41) is 7.89. The highest BCUT2D eigenvalue weighted by Crippen LogP contribution is 2.44. The zero-order chi connectivity index (χ0) is 33.1. The fraction of sp³-hybridized carbons (Fsp3) is 0.556. The van der Waals surface area contributed by atoms with Gasteiger partial charge in [0.1, 0.15) is 5.60 Å². The first-order chi connectivity index (χ1) is 22.0. The molecule has 0 spiro atoms. The summed E-state index contributed by atoms with van der Waals surface area (Å²) < 4.78 is 14.2. The lowest BCUT2D eigenvalue weighted by Crippen LogP contribution is -2.54. The Labute approximate surface area is 279 Å². The number of piperazine rings is 1. The number of carbonyl (C=O) groups is 1. The molecular formula is C36H51ClN6O3. The number of ether oxygens (including phenoxy) is 2. The van der Waals surface area contributed by atoms with E-state index in [9.17, 15) is 4.79 Å². The second-order valence-corrected chi connectivity index (χ2v) is 13.9. The normalized spacial score (nSPS) is 22.0. The summed E-state index contributed by atoms with van der Waals surface area (Å²) >= 11 is 6.70. The van der Waals surface area contributed by atoms with Gasteiger partial charge < -0.3 is 24.3 Å². The molecule has 46 heavy (non-hydrogen) atoms. The summed E-state index contributed by atoms with van der Waals surface area (Å²) in [5.74, 6) is 0. The number of imidazole rings is 1. The highest BCUT2D eigenvalue weighted by molar-refractivity contribution is 6.30. The van der Waals surface area contributed by atoms with Gasteiger partial charge in [-0.2, -0.15) is 0 Å². The molecule has 1 aromatic heterocycles. The van der Waals surface area contributed by atoms with Crippen molar-refractivity contribution >= 4 is 23.3 Å². The summed E-state index contributed by atoms with van der Waals surface area (Å²) in [7, 11) is 2.02. The molecule has 1 saturated carbocycles. The van der Waals surface area contributed by atoms with Crippen LogP contribution in [0.15, 0.2) is 61.7 Å². The number of aromatic nitrogens is 2. The van der Waals surface area contributed by atoms with Crippen molar-refractivity contribution in [3.8, 4) is 0 Å². The van der Waals surface area contributed by atoms with Crippen molar-refractivity contribution in [2.75, 3.05) is 32.9 Å². The summed E-state index contributed by atoms with van der Waals surface area (Å²) in [6.07, 6.45) is 12.2. The van der Waals surface area contributed by atoms with Crippen molar-refractivity contribution in [1.82, 2.24) is 30.0 Å². The van der Waals surface area contributed by atoms with Gasteiger partial charge in [0, 0.05) is 44.4 Å². The quantitative estimate of drug-likeness (QED) is 0.232. The Hall–Kier alpha value is -3.11. The van der Waals surface area contributed by atoms with Gasteiger partial charge in [0.05, 0.1) is 42.5 Å². The van der Waals surface area contributed by atoms with E-state index in [4.69, 9.17) is 21.1 Å². The summed E-state index contributed by atoms with van der Waals surface area (Å²) in [5.41, 5.74) is 4.97. The average Bonchev–Trinajstić information content (AvgIpc) is 3.72. The molecule has 10 heteroatoms. The standard InChI is InChI=1S/C36H51ClN6O3/c1-8-35(5,6)46-34(44)43-17-15-42(16-18-43)33-28-12-11-27(37)21-29(28)26(19-25(4)32(33)39-10-3)20-30(31-22-38-23-41(31)7)40-24-45-36(9-2)13-14-36/h10-12,19,21-23,30,32-33,39-40H,3-4,8-9,13-18,20,24H2,1-2,5-7H3. The van der Waals surface area contributed by atoms with Crippen molar-refractivity contribution in [3.05, 3.63) is 83.6 Å². The molecule has 0 bridgehead atoms. The molecule has 3 unspecified atom stereocenters. The van der Waals surface area contributed by atoms with Crippen LogP contribution in [0.1, 0.15) is 88.7 Å². The van der Waals surface area contributed by atoms with Gasteiger partial charge in [0.15, 0.2) is 0 Å². The molecule has 1 amide bonds. The largest absolute Gasteiger partial charge is 0.443 e. The van der Waals surface area contributed by atoms with Crippen molar-refractivity contribution in [2.45, 2.75) is 89.1 Å². The van der Waals surface area contributed by atoms with Crippen LogP contribution in [0, 0.1) is 0 Å². The van der Waals surface area contributed by atoms with Crippen LogP contribution in [0.4, 0.5) is 4.79 Å². The lowest BCUT2D eigenvalue weighted by Gasteiger charge is -2.43. The van der Waals surface area contributed by atoms with E-state index in [0.717, 1.165) is 48.1 Å². The van der Waals surface area contributed by atoms with Crippen molar-refractivity contribution < 1.29 is 14.3 Å². The van der Waals surface area contributed by atoms with E-state index in [1.54, 1.807) is 6.20 Å². The number of rotatable bonds is 13. The third-order valence-corrected chi connectivity index (χ3v) is 10.3. The van der Waals surface area contributed by atoms with Gasteiger partial charge in [0.2, 0.25) is 0 Å². The molecular weight excluding hydrogens is 600 g/mol. The van der Waals surface area contributed by atoms with Gasteiger partial charge in [-0.25, -0.2) is 9.78 Å². The molecule has 0 radical (unpaired) electrons. The Bertz CT molecular complexity index is 1440. The number of nitrogens with zero attached hydrogens (tertiary/aromatic N) is 4. The van der Waals surface area contributed by atoms with Crippen molar-refractivity contribution in [2.24, 2.45) is 7.05 Å². The van der Waals surface area contributed by atoms with Crippen LogP contribution < -0.4 is 10.6 Å². The highest BCUT2D eigenvalue weighted by Gasteiger charge is 2.42. The van der Waals surface area contributed by atoms with E-state index in [1.807, 2.05) is 51.3 Å². The Kier molecular flexibility index (Phi) is 10.7. The van der Waals surface area contributed by atoms with Crippen LogP contribution in [0.3, 0.4) is 0 Å². The van der Waals surface area contributed by atoms with Gasteiger partial charge in [-0.3, -0.25) is 10.2 Å². The number of benzene rings is 1. The van der Waals surface area contributed by atoms with Gasteiger partial charge in [-0.1, -0.05) is 50.7 Å². The zero-order valence-corrected chi connectivity index (χ0v) is 28.9. The van der Waals surface area contributed by atoms with Gasteiger partial charge in [-0.15, -0.1) is 0 Å². The lowest BCUT2D eigenvalue weighted by atomic mass is 9.89. The number of hydrogen-bond acceptors (Lipinski definition) is 7. The zero-order valence-electron chi connectivity index (χ0n) is 28.2. The molecule has 3 aliphatic rings. The first kappa shape index (κ1) is 34.2. The first-order valence-corrected chi connectivity index (χ1v) is 17.0. The number of hydrogen-bond donors (Lipinski definition) is 2. The summed E-state index contributed by atoms with van der Waals surface area (Å²) in [6.45, 7) is 19.7. The second kappa shape index (κ2) is 14.3. The predicted molar refractivity (Wildman–Crippen MR) is 184 cm³/mol. The van der Waals surface area contributed by atoms with Crippen LogP contribution >= 0.6 is 11.6 Å². The number of aryl methyl sites for hydroxylation is 1. The molecule has 9 nitrogen and oxygen atoms in total. The van der Waals surface area contributed by atoms with Crippen LogP contribution in [-0.2, 0) is 16.5 Å². The third kappa shape index (κ3) is 7.71. The van der Waals surface area contributed by atoms with Crippen LogP contribution in [0.25, 0.3) is 5.57 Å². The Morgan fingerprint density at radius 1 is 1.24 bits per heavy atom. The number of fused-ring (bicyclic) bond motifs is 1. The molecule has 5 rings (SSSR count). The Morgan fingerprint density at radius 2 is 1.98 bits per heavy atom. The summed E-state index contributed by atoms with van der Waals surface area (Å²) in [6, 6.07) is 5.96. The monoisotopic (exact) mass is 650 g/mol. The second-order valence-electron chi connectivity index (χ2n) is 13.5. The number of nitrogens with one attached hydrogen (secondary N) is 2. The molecule has 2 aliphatic carbocycles. The van der Waals surface area contributed by atoms with Crippen molar-refractivity contribution in [3.63, 3.8) is 0 Å². The lowest BCUT2D eigenvalue weighted by molar-refractivity contribution is -0.00170. The van der Waals surface area contributed by atoms with Gasteiger partial charge >= 0.3 is 6.09 Å². The minimum atomic E-state index is -0.490. The van der Waals surface area contributed by atoms with E-state index < -0.39 is 5.60 Å². The molecule has 2 fully saturated rings. The smallest absolute Gasteiger partial charge is 0.410 e. The predicted octanol–water partition coefficient (Wildman–Crippen LogP) is 6.75. The third-order valence-electron chi connectivity index (χ3n) is 10.0. The minimum Gasteiger partial charge on any atom is -0.443 e. The number of amides is 1. The van der Waals surface area contributed by atoms with Crippen LogP contribution in [0.5, 0.6) is 0 Å². The fourth-order valence-electron chi connectivity index (χ4n) is 6.53. The molecule has 2 aromatic rings. The summed E-state index contributed by atoms with van der Waals surface area (Å²) in [4.78, 5) is 21.7. The SMILES string of the molecule is C=CNC1C(=C)C=C(CC(NCOC2(CC)CC2)c2cncn2C)c2cc(Cl)ccc2C1N1CCN(C(=O)OC(C)(C)CC)CC1. The van der Waals surface area contributed by atoms with Gasteiger partial charge in [-0.05, 0) is 86.6 Å². The van der Waals surface area contributed by atoms with E-state index >= 15 is 0 Å². The maximum Gasteiger partial charge on any atom is 0.410 e. The molecule has 3 atom stereocenters. The molecule has 1 saturated heterocycles. The maximum absolute atomic E-state index is 13.0. The van der Waals surface area contributed by atoms with E-state index in [1.165, 1.54) is 5.56 Å². The molecule has 2 N–H and O–H groups in total. The van der Waals surface area contributed by atoms with Crippen LogP contribution in [0.2, 0.25) is 5.02 Å². The molecule has 2 heterocycles. The van der Waals surface area contributed by atoms with Gasteiger partial charge in [0.25, 0.3) is 0 Å². The van der Waals surface area contributed by atoms with E-state index in [0.29, 0.717) is 44.4 Å². The number of halogens is 1. The average molecular weight is 651 g/mol. The van der Waals surface area contributed by atoms with E-state index in [2.05, 4.69) is 63.4 Å². The fourth-order valence-corrected chi connectivity index (χ4v) is 6.71. The Morgan fingerprint density at radius 3 is 2.59 bits per heavy atom. The molecule has 1 aromatic carbocycles. The van der Waals surface area contributed by atoms with Crippen LogP contribution in [-0.4, -0.2) is 75.6 Å². The van der Waals surface area contributed by atoms with E-state index in [-0.39, 0.29) is 29.8 Å². The maximum atomic E-state index is 13.0. The highest BCUT2D eigenvalue weighted by atomic mass is 35.5. The molecule has 250 valence electrons. The topological polar surface area (TPSA) is 83.9 Å². The first-order valence-electron chi connectivity index (χ1n) is 16.6.